The third-order valence-electron chi connectivity index (χ3n) is 4.38. The summed E-state index contributed by atoms with van der Waals surface area (Å²) in [6.45, 7) is 5.14. The zero-order valence-corrected chi connectivity index (χ0v) is 13.9. The number of nitrogens with two attached hydrogens (primary N) is 1. The van der Waals surface area contributed by atoms with Gasteiger partial charge in [-0.05, 0) is 37.2 Å². The molecule has 21 heavy (non-hydrogen) atoms. The van der Waals surface area contributed by atoms with Crippen LogP contribution in [0, 0.1) is 5.92 Å². The molecule has 1 aromatic heterocycles. The van der Waals surface area contributed by atoms with Crippen molar-refractivity contribution in [3.63, 3.8) is 0 Å². The van der Waals surface area contributed by atoms with Crippen molar-refractivity contribution in [2.24, 2.45) is 11.7 Å². The van der Waals surface area contributed by atoms with Crippen molar-refractivity contribution in [2.45, 2.75) is 58.8 Å². The summed E-state index contributed by atoms with van der Waals surface area (Å²) < 4.78 is 0. The number of hydrogen-bond acceptors (Lipinski definition) is 4. The molecule has 1 aromatic rings. The maximum Gasteiger partial charge on any atom is 0.159 e. The maximum atomic E-state index is 5.95. The first kappa shape index (κ1) is 16.1. The molecule has 1 saturated carbocycles. The zero-order chi connectivity index (χ0) is 15.2. The standard InChI is InChI=1S/C16H26N4S/c1-3-12-13(4-2)19-20-16(14(12)15(17)21)18-10-11-8-6-5-7-9-11/h11H,3-10H2,1-2H3,(H2,17,21)(H,18,20). The lowest BCUT2D eigenvalue weighted by molar-refractivity contribution is 0.373. The first-order valence-corrected chi connectivity index (χ1v) is 8.50. The monoisotopic (exact) mass is 306 g/mol. The Morgan fingerprint density at radius 2 is 1.90 bits per heavy atom. The normalized spacial score (nSPS) is 15.9. The number of thiocarbonyl (C=S) groups is 1. The molecule has 1 aliphatic rings. The van der Waals surface area contributed by atoms with Gasteiger partial charge in [0.1, 0.15) is 4.99 Å². The van der Waals surface area contributed by atoms with Crippen LogP contribution in [-0.4, -0.2) is 21.7 Å². The highest BCUT2D eigenvalue weighted by Crippen LogP contribution is 2.25. The molecule has 116 valence electrons. The van der Waals surface area contributed by atoms with E-state index in [2.05, 4.69) is 29.4 Å². The van der Waals surface area contributed by atoms with Crippen molar-refractivity contribution < 1.29 is 0 Å². The molecule has 1 fully saturated rings. The lowest BCUT2D eigenvalue weighted by Crippen LogP contribution is -2.23. The van der Waals surface area contributed by atoms with Gasteiger partial charge < -0.3 is 11.1 Å². The SMILES string of the molecule is CCc1nnc(NCC2CCCCC2)c(C(N)=S)c1CC. The molecule has 0 saturated heterocycles. The minimum Gasteiger partial charge on any atom is -0.389 e. The van der Waals surface area contributed by atoms with E-state index in [0.29, 0.717) is 4.99 Å². The summed E-state index contributed by atoms with van der Waals surface area (Å²) in [5.41, 5.74) is 8.99. The number of rotatable bonds is 6. The number of hydrogen-bond donors (Lipinski definition) is 2. The second-order valence-electron chi connectivity index (χ2n) is 5.81. The lowest BCUT2D eigenvalue weighted by atomic mass is 9.89. The van der Waals surface area contributed by atoms with E-state index in [1.165, 1.54) is 32.1 Å². The van der Waals surface area contributed by atoms with E-state index < -0.39 is 0 Å². The van der Waals surface area contributed by atoms with E-state index in [1.54, 1.807) is 0 Å². The topological polar surface area (TPSA) is 63.8 Å². The Labute approximate surface area is 132 Å². The first-order valence-electron chi connectivity index (χ1n) is 8.09. The van der Waals surface area contributed by atoms with Crippen molar-refractivity contribution in [2.75, 3.05) is 11.9 Å². The summed E-state index contributed by atoms with van der Waals surface area (Å²) in [7, 11) is 0. The summed E-state index contributed by atoms with van der Waals surface area (Å²) in [6.07, 6.45) is 8.40. The summed E-state index contributed by atoms with van der Waals surface area (Å²) in [5.74, 6) is 1.50. The summed E-state index contributed by atoms with van der Waals surface area (Å²) >= 11 is 5.25. The third kappa shape index (κ3) is 3.90. The predicted molar refractivity (Wildman–Crippen MR) is 91.7 cm³/mol. The number of anilines is 1. The van der Waals surface area contributed by atoms with Gasteiger partial charge in [-0.15, -0.1) is 5.10 Å². The fourth-order valence-electron chi connectivity index (χ4n) is 3.19. The summed E-state index contributed by atoms with van der Waals surface area (Å²) in [5, 5.41) is 12.1. The first-order chi connectivity index (χ1) is 10.2. The van der Waals surface area contributed by atoms with Crippen molar-refractivity contribution in [3.8, 4) is 0 Å². The van der Waals surface area contributed by atoms with E-state index in [1.807, 2.05) is 0 Å². The van der Waals surface area contributed by atoms with Crippen molar-refractivity contribution in [1.29, 1.82) is 0 Å². The van der Waals surface area contributed by atoms with Crippen molar-refractivity contribution in [1.82, 2.24) is 10.2 Å². The molecule has 0 bridgehead atoms. The van der Waals surface area contributed by atoms with Crippen molar-refractivity contribution in [3.05, 3.63) is 16.8 Å². The smallest absolute Gasteiger partial charge is 0.159 e. The minimum absolute atomic E-state index is 0.419. The number of aromatic nitrogens is 2. The van der Waals surface area contributed by atoms with Crippen LogP contribution in [0.5, 0.6) is 0 Å². The van der Waals surface area contributed by atoms with Gasteiger partial charge in [0.05, 0.1) is 11.3 Å². The van der Waals surface area contributed by atoms with E-state index in [9.17, 15) is 0 Å². The van der Waals surface area contributed by atoms with Crippen LogP contribution in [0.4, 0.5) is 5.82 Å². The van der Waals surface area contributed by atoms with Crippen LogP contribution in [0.15, 0.2) is 0 Å². The van der Waals surface area contributed by atoms with Crippen LogP contribution in [0.3, 0.4) is 0 Å². The van der Waals surface area contributed by atoms with E-state index in [4.69, 9.17) is 18.0 Å². The largest absolute Gasteiger partial charge is 0.389 e. The van der Waals surface area contributed by atoms with E-state index in [-0.39, 0.29) is 0 Å². The van der Waals surface area contributed by atoms with Crippen LogP contribution in [0.2, 0.25) is 0 Å². The van der Waals surface area contributed by atoms with Gasteiger partial charge in [0.25, 0.3) is 0 Å². The molecule has 4 nitrogen and oxygen atoms in total. The highest BCUT2D eigenvalue weighted by atomic mass is 32.1. The Hall–Kier alpha value is -1.23. The average molecular weight is 306 g/mol. The van der Waals surface area contributed by atoms with Crippen LogP contribution in [0.25, 0.3) is 0 Å². The van der Waals surface area contributed by atoms with Gasteiger partial charge in [0.15, 0.2) is 5.82 Å². The molecule has 1 heterocycles. The molecule has 0 atom stereocenters. The maximum absolute atomic E-state index is 5.95. The Balaban J connectivity index is 2.19. The highest BCUT2D eigenvalue weighted by molar-refractivity contribution is 7.80. The van der Waals surface area contributed by atoms with E-state index in [0.717, 1.165) is 47.9 Å². The van der Waals surface area contributed by atoms with Gasteiger partial charge in [-0.25, -0.2) is 0 Å². The van der Waals surface area contributed by atoms with Gasteiger partial charge in [0, 0.05) is 6.54 Å². The lowest BCUT2D eigenvalue weighted by Gasteiger charge is -2.23. The molecular weight excluding hydrogens is 280 g/mol. The van der Waals surface area contributed by atoms with Gasteiger partial charge in [-0.2, -0.15) is 5.10 Å². The zero-order valence-electron chi connectivity index (χ0n) is 13.1. The third-order valence-corrected chi connectivity index (χ3v) is 4.58. The molecule has 0 spiro atoms. The Kier molecular flexibility index (Phi) is 5.91. The number of nitrogens with zero attached hydrogens (tertiary/aromatic N) is 2. The minimum atomic E-state index is 0.419. The molecule has 0 unspecified atom stereocenters. The Morgan fingerprint density at radius 3 is 2.48 bits per heavy atom. The molecule has 0 aromatic carbocycles. The summed E-state index contributed by atoms with van der Waals surface area (Å²) in [4.78, 5) is 0.419. The fourth-order valence-corrected chi connectivity index (χ4v) is 3.41. The molecular formula is C16H26N4S. The molecule has 2 rings (SSSR count). The van der Waals surface area contributed by atoms with Crippen molar-refractivity contribution >= 4 is 23.0 Å². The van der Waals surface area contributed by atoms with Gasteiger partial charge >= 0.3 is 0 Å². The Bertz CT molecular complexity index is 495. The molecule has 0 radical (unpaired) electrons. The molecule has 0 amide bonds. The number of nitrogens with one attached hydrogen (secondary N) is 1. The molecule has 1 aliphatic carbocycles. The highest BCUT2D eigenvalue weighted by Gasteiger charge is 2.18. The van der Waals surface area contributed by atoms with Gasteiger partial charge in [0.2, 0.25) is 0 Å². The number of aryl methyl sites for hydroxylation is 1. The second kappa shape index (κ2) is 7.69. The van der Waals surface area contributed by atoms with Gasteiger partial charge in [-0.3, -0.25) is 0 Å². The fraction of sp³-hybridized carbons (Fsp3) is 0.688. The second-order valence-corrected chi connectivity index (χ2v) is 6.24. The molecule has 5 heteroatoms. The predicted octanol–water partition coefficient (Wildman–Crippen LogP) is 3.23. The van der Waals surface area contributed by atoms with Crippen LogP contribution in [0.1, 0.15) is 62.8 Å². The average Bonchev–Trinajstić information content (AvgIpc) is 2.52. The quantitative estimate of drug-likeness (QED) is 0.790. The van der Waals surface area contributed by atoms with Crippen LogP contribution < -0.4 is 11.1 Å². The van der Waals surface area contributed by atoms with Crippen LogP contribution in [-0.2, 0) is 12.8 Å². The van der Waals surface area contributed by atoms with Crippen LogP contribution >= 0.6 is 12.2 Å². The molecule has 0 aliphatic heterocycles. The van der Waals surface area contributed by atoms with E-state index >= 15 is 0 Å². The van der Waals surface area contributed by atoms with Gasteiger partial charge in [-0.1, -0.05) is 45.3 Å². The Morgan fingerprint density at radius 1 is 1.19 bits per heavy atom. The molecule has 3 N–H and O–H groups in total. The summed E-state index contributed by atoms with van der Waals surface area (Å²) in [6, 6.07) is 0.